The minimum Gasteiger partial charge on any atom is -0.493 e. The summed E-state index contributed by atoms with van der Waals surface area (Å²) in [7, 11) is 0. The number of rotatable bonds is 8. The predicted octanol–water partition coefficient (Wildman–Crippen LogP) is 3.11. The number of carbonyl (C=O) groups is 2. The standard InChI is InChI=1S/C18H19NO4/c20-17(10-11-18(21)22)19-15-6-8-16(9-7-15)23-13-12-14-4-2-1-3-5-14/h1-9H,10-13H2,(H,19,20)(H,21,22). The second kappa shape index (κ2) is 8.58. The molecular formula is C18H19NO4. The molecule has 5 nitrogen and oxygen atoms in total. The normalized spacial score (nSPS) is 10.1. The lowest BCUT2D eigenvalue weighted by Crippen LogP contribution is -2.13. The Morgan fingerprint density at radius 1 is 0.957 bits per heavy atom. The van der Waals surface area contributed by atoms with Gasteiger partial charge in [0.25, 0.3) is 0 Å². The molecule has 120 valence electrons. The van der Waals surface area contributed by atoms with Gasteiger partial charge in [0.05, 0.1) is 13.0 Å². The van der Waals surface area contributed by atoms with Crippen LogP contribution in [0.1, 0.15) is 18.4 Å². The average molecular weight is 313 g/mol. The molecule has 0 spiro atoms. The van der Waals surface area contributed by atoms with Crippen molar-refractivity contribution in [3.8, 4) is 5.75 Å². The number of aliphatic carboxylic acids is 1. The summed E-state index contributed by atoms with van der Waals surface area (Å²) < 4.78 is 5.66. The van der Waals surface area contributed by atoms with Crippen molar-refractivity contribution in [2.75, 3.05) is 11.9 Å². The summed E-state index contributed by atoms with van der Waals surface area (Å²) in [4.78, 5) is 21.9. The highest BCUT2D eigenvalue weighted by atomic mass is 16.5. The zero-order valence-corrected chi connectivity index (χ0v) is 12.7. The first-order valence-electron chi connectivity index (χ1n) is 7.42. The van der Waals surface area contributed by atoms with Crippen molar-refractivity contribution in [1.29, 1.82) is 0 Å². The molecule has 0 aliphatic rings. The predicted molar refractivity (Wildman–Crippen MR) is 87.6 cm³/mol. The maximum atomic E-state index is 11.5. The number of carboxylic acids is 1. The van der Waals surface area contributed by atoms with Gasteiger partial charge in [-0.15, -0.1) is 0 Å². The second-order valence-corrected chi connectivity index (χ2v) is 5.05. The first-order valence-corrected chi connectivity index (χ1v) is 7.42. The largest absolute Gasteiger partial charge is 0.493 e. The fourth-order valence-corrected chi connectivity index (χ4v) is 2.01. The second-order valence-electron chi connectivity index (χ2n) is 5.05. The number of nitrogens with one attached hydrogen (secondary N) is 1. The minimum atomic E-state index is -0.984. The summed E-state index contributed by atoms with van der Waals surface area (Å²) in [5.41, 5.74) is 1.84. The molecule has 0 aliphatic carbocycles. The molecule has 0 heterocycles. The van der Waals surface area contributed by atoms with Crippen molar-refractivity contribution in [1.82, 2.24) is 0 Å². The Kier molecular flexibility index (Phi) is 6.17. The van der Waals surface area contributed by atoms with E-state index in [0.717, 1.165) is 12.2 Å². The molecular weight excluding hydrogens is 294 g/mol. The number of carboxylic acid groups (broad SMARTS) is 1. The Bertz CT molecular complexity index is 638. The third-order valence-corrected chi connectivity index (χ3v) is 3.21. The van der Waals surface area contributed by atoms with Gasteiger partial charge in [-0.1, -0.05) is 30.3 Å². The molecule has 0 aliphatic heterocycles. The molecule has 0 saturated carbocycles. The van der Waals surface area contributed by atoms with Crippen molar-refractivity contribution < 1.29 is 19.4 Å². The molecule has 0 atom stereocenters. The van der Waals surface area contributed by atoms with E-state index in [1.54, 1.807) is 24.3 Å². The molecule has 23 heavy (non-hydrogen) atoms. The molecule has 0 radical (unpaired) electrons. The Morgan fingerprint density at radius 2 is 1.65 bits per heavy atom. The summed E-state index contributed by atoms with van der Waals surface area (Å²) in [6.07, 6.45) is 0.617. The maximum Gasteiger partial charge on any atom is 0.303 e. The van der Waals surface area contributed by atoms with Crippen LogP contribution in [0.25, 0.3) is 0 Å². The van der Waals surface area contributed by atoms with Crippen molar-refractivity contribution in [3.63, 3.8) is 0 Å². The fraction of sp³-hybridized carbons (Fsp3) is 0.222. The first kappa shape index (κ1) is 16.5. The number of carbonyl (C=O) groups excluding carboxylic acids is 1. The van der Waals surface area contributed by atoms with E-state index in [1.165, 1.54) is 5.56 Å². The molecule has 2 aromatic carbocycles. The third kappa shape index (κ3) is 6.22. The molecule has 2 aromatic rings. The molecule has 0 bridgehead atoms. The summed E-state index contributed by atoms with van der Waals surface area (Å²) in [5, 5.41) is 11.2. The van der Waals surface area contributed by atoms with Crippen LogP contribution in [-0.2, 0) is 16.0 Å². The van der Waals surface area contributed by atoms with E-state index in [9.17, 15) is 9.59 Å². The SMILES string of the molecule is O=C(O)CCC(=O)Nc1ccc(OCCc2ccccc2)cc1. The van der Waals surface area contributed by atoms with Crippen molar-refractivity contribution in [2.24, 2.45) is 0 Å². The summed E-state index contributed by atoms with van der Waals surface area (Å²) in [6, 6.07) is 17.1. The summed E-state index contributed by atoms with van der Waals surface area (Å²) in [5.74, 6) is -0.572. The highest BCUT2D eigenvalue weighted by molar-refractivity contribution is 5.92. The van der Waals surface area contributed by atoms with Gasteiger partial charge in [0.2, 0.25) is 5.91 Å². The van der Waals surface area contributed by atoms with Crippen molar-refractivity contribution in [3.05, 3.63) is 60.2 Å². The van der Waals surface area contributed by atoms with Crippen LogP contribution in [0.5, 0.6) is 5.75 Å². The molecule has 2 N–H and O–H groups in total. The van der Waals surface area contributed by atoms with Crippen molar-refractivity contribution >= 4 is 17.6 Å². The third-order valence-electron chi connectivity index (χ3n) is 3.21. The Balaban J connectivity index is 1.75. The zero-order valence-electron chi connectivity index (χ0n) is 12.7. The number of benzene rings is 2. The van der Waals surface area contributed by atoms with E-state index in [1.807, 2.05) is 18.2 Å². The van der Waals surface area contributed by atoms with Crippen LogP contribution >= 0.6 is 0 Å². The lowest BCUT2D eigenvalue weighted by atomic mass is 10.2. The number of amides is 1. The Morgan fingerprint density at radius 3 is 2.30 bits per heavy atom. The van der Waals surface area contributed by atoms with Crippen LogP contribution in [0.15, 0.2) is 54.6 Å². The molecule has 0 unspecified atom stereocenters. The van der Waals surface area contributed by atoms with Gasteiger partial charge in [-0.3, -0.25) is 9.59 Å². The first-order chi connectivity index (χ1) is 11.1. The van der Waals surface area contributed by atoms with Crippen LogP contribution < -0.4 is 10.1 Å². The zero-order chi connectivity index (χ0) is 16.5. The highest BCUT2D eigenvalue weighted by Gasteiger charge is 2.05. The van der Waals surface area contributed by atoms with E-state index in [0.29, 0.717) is 12.3 Å². The molecule has 5 heteroatoms. The van der Waals surface area contributed by atoms with Crippen LogP contribution in [0, 0.1) is 0 Å². The van der Waals surface area contributed by atoms with Gasteiger partial charge in [-0.25, -0.2) is 0 Å². The van der Waals surface area contributed by atoms with Crippen LogP contribution in [-0.4, -0.2) is 23.6 Å². The molecule has 1 amide bonds. The van der Waals surface area contributed by atoms with Gasteiger partial charge in [-0.05, 0) is 29.8 Å². The molecule has 0 fully saturated rings. The highest BCUT2D eigenvalue weighted by Crippen LogP contribution is 2.16. The van der Waals surface area contributed by atoms with Gasteiger partial charge < -0.3 is 15.2 Å². The number of ether oxygens (including phenoxy) is 1. The van der Waals surface area contributed by atoms with Gasteiger partial charge in [0.1, 0.15) is 5.75 Å². The molecule has 2 rings (SSSR count). The van der Waals surface area contributed by atoms with E-state index >= 15 is 0 Å². The quantitative estimate of drug-likeness (QED) is 0.785. The van der Waals surface area contributed by atoms with Gasteiger partial charge in [0.15, 0.2) is 0 Å². The van der Waals surface area contributed by atoms with Crippen molar-refractivity contribution in [2.45, 2.75) is 19.3 Å². The number of anilines is 1. The number of hydrogen-bond donors (Lipinski definition) is 2. The van der Waals surface area contributed by atoms with E-state index in [2.05, 4.69) is 17.4 Å². The van der Waals surface area contributed by atoms with Gasteiger partial charge in [-0.2, -0.15) is 0 Å². The van der Waals surface area contributed by atoms with E-state index in [-0.39, 0.29) is 18.7 Å². The minimum absolute atomic E-state index is 0.0370. The Labute approximate surface area is 134 Å². The summed E-state index contributed by atoms with van der Waals surface area (Å²) in [6.45, 7) is 0.578. The Hall–Kier alpha value is -2.82. The van der Waals surface area contributed by atoms with E-state index < -0.39 is 5.97 Å². The lowest BCUT2D eigenvalue weighted by molar-refractivity contribution is -0.138. The van der Waals surface area contributed by atoms with E-state index in [4.69, 9.17) is 9.84 Å². The topological polar surface area (TPSA) is 75.6 Å². The lowest BCUT2D eigenvalue weighted by Gasteiger charge is -2.08. The van der Waals surface area contributed by atoms with Crippen LogP contribution in [0.4, 0.5) is 5.69 Å². The summed E-state index contributed by atoms with van der Waals surface area (Å²) >= 11 is 0. The molecule has 0 aromatic heterocycles. The number of hydrogen-bond acceptors (Lipinski definition) is 3. The average Bonchev–Trinajstić information content (AvgIpc) is 2.56. The van der Waals surface area contributed by atoms with Gasteiger partial charge in [0, 0.05) is 18.5 Å². The monoisotopic (exact) mass is 313 g/mol. The fourth-order valence-electron chi connectivity index (χ4n) is 2.01. The maximum absolute atomic E-state index is 11.5. The van der Waals surface area contributed by atoms with Crippen LogP contribution in [0.3, 0.4) is 0 Å². The van der Waals surface area contributed by atoms with Crippen LogP contribution in [0.2, 0.25) is 0 Å². The smallest absolute Gasteiger partial charge is 0.303 e. The van der Waals surface area contributed by atoms with Gasteiger partial charge >= 0.3 is 5.97 Å². The molecule has 0 saturated heterocycles.